The second-order valence-corrected chi connectivity index (χ2v) is 6.18. The quantitative estimate of drug-likeness (QED) is 0.794. The van der Waals surface area contributed by atoms with E-state index in [0.29, 0.717) is 5.75 Å². The third kappa shape index (κ3) is 3.67. The van der Waals surface area contributed by atoms with Crippen LogP contribution in [0.15, 0.2) is 18.3 Å². The fraction of sp³-hybridized carbons (Fsp3) is 0.438. The number of thiazole rings is 1. The summed E-state index contributed by atoms with van der Waals surface area (Å²) in [5, 5.41) is 14.2. The van der Waals surface area contributed by atoms with Crippen molar-refractivity contribution in [3.63, 3.8) is 0 Å². The van der Waals surface area contributed by atoms with Crippen LogP contribution in [0.25, 0.3) is 0 Å². The topological polar surface area (TPSA) is 48.4 Å². The van der Waals surface area contributed by atoms with E-state index < -0.39 is 0 Å². The molecule has 0 unspecified atom stereocenters. The maximum Gasteiger partial charge on any atom is 0.185 e. The molecule has 1 aromatic heterocycles. The Hall–Kier alpha value is -1.75. The van der Waals surface area contributed by atoms with Gasteiger partial charge in [-0.25, -0.2) is 4.98 Å². The predicted molar refractivity (Wildman–Crippen MR) is 90.6 cm³/mol. The Morgan fingerprint density at radius 3 is 2.57 bits per heavy atom. The summed E-state index contributed by atoms with van der Waals surface area (Å²) in [4.78, 5) is 7.95. The first-order chi connectivity index (χ1) is 10.0. The molecule has 0 saturated carbocycles. The Morgan fingerprint density at radius 1 is 1.19 bits per heavy atom. The van der Waals surface area contributed by atoms with E-state index in [4.69, 9.17) is 0 Å². The molecule has 5 heteroatoms. The molecule has 21 heavy (non-hydrogen) atoms. The minimum Gasteiger partial charge on any atom is -0.508 e. The number of rotatable bonds is 6. The first kappa shape index (κ1) is 15.6. The van der Waals surface area contributed by atoms with Gasteiger partial charge in [-0.1, -0.05) is 0 Å². The van der Waals surface area contributed by atoms with E-state index in [9.17, 15) is 5.11 Å². The number of hydrogen-bond donors (Lipinski definition) is 2. The Bertz CT molecular complexity index is 606. The molecule has 4 nitrogen and oxygen atoms in total. The smallest absolute Gasteiger partial charge is 0.185 e. The molecule has 2 rings (SSSR count). The van der Waals surface area contributed by atoms with Crippen molar-refractivity contribution in [3.05, 3.63) is 34.3 Å². The van der Waals surface area contributed by atoms with Gasteiger partial charge in [0.05, 0.1) is 6.54 Å². The van der Waals surface area contributed by atoms with Crippen LogP contribution in [0.1, 0.15) is 29.9 Å². The van der Waals surface area contributed by atoms with Crippen LogP contribution in [0.2, 0.25) is 0 Å². The molecule has 0 aliphatic heterocycles. The summed E-state index contributed by atoms with van der Waals surface area (Å²) in [5.74, 6) is 0.347. The van der Waals surface area contributed by atoms with Crippen LogP contribution >= 0.6 is 11.3 Å². The fourth-order valence-corrected chi connectivity index (χ4v) is 3.17. The van der Waals surface area contributed by atoms with Crippen molar-refractivity contribution in [1.82, 2.24) is 4.98 Å². The van der Waals surface area contributed by atoms with Gasteiger partial charge in [-0.15, -0.1) is 11.3 Å². The third-order valence-electron chi connectivity index (χ3n) is 3.57. The lowest BCUT2D eigenvalue weighted by Crippen LogP contribution is -2.21. The van der Waals surface area contributed by atoms with E-state index in [1.54, 1.807) is 17.4 Å². The van der Waals surface area contributed by atoms with Gasteiger partial charge in [0, 0.05) is 29.9 Å². The van der Waals surface area contributed by atoms with Gasteiger partial charge in [0.25, 0.3) is 0 Å². The number of aryl methyl sites for hydroxylation is 2. The van der Waals surface area contributed by atoms with E-state index in [-0.39, 0.29) is 0 Å². The number of nitrogens with one attached hydrogen (secondary N) is 1. The maximum atomic E-state index is 9.69. The average molecular weight is 305 g/mol. The zero-order chi connectivity index (χ0) is 15.4. The molecule has 1 aromatic carbocycles. The van der Waals surface area contributed by atoms with Crippen LogP contribution in [0, 0.1) is 13.8 Å². The van der Waals surface area contributed by atoms with Crippen LogP contribution in [0.5, 0.6) is 5.75 Å². The zero-order valence-corrected chi connectivity index (χ0v) is 13.9. The molecule has 1 heterocycles. The van der Waals surface area contributed by atoms with Crippen LogP contribution in [-0.2, 0) is 6.54 Å². The Morgan fingerprint density at radius 2 is 1.90 bits per heavy atom. The van der Waals surface area contributed by atoms with E-state index in [1.165, 1.54) is 4.88 Å². The molecule has 0 radical (unpaired) electrons. The lowest BCUT2D eigenvalue weighted by atomic mass is 10.1. The molecular formula is C16H23N3OS. The van der Waals surface area contributed by atoms with Crippen molar-refractivity contribution >= 4 is 22.2 Å². The highest BCUT2D eigenvalue weighted by molar-refractivity contribution is 7.15. The highest BCUT2D eigenvalue weighted by Gasteiger charge is 2.08. The summed E-state index contributed by atoms with van der Waals surface area (Å²) in [5.41, 5.74) is 2.99. The van der Waals surface area contributed by atoms with Gasteiger partial charge >= 0.3 is 0 Å². The Labute approximate surface area is 130 Å². The Kier molecular flexibility index (Phi) is 5.07. The fourth-order valence-electron chi connectivity index (χ4n) is 2.19. The lowest BCUT2D eigenvalue weighted by molar-refractivity contribution is 0.471. The molecule has 0 saturated heterocycles. The second kappa shape index (κ2) is 6.80. The number of anilines is 2. The minimum absolute atomic E-state index is 0.347. The molecule has 0 aliphatic rings. The summed E-state index contributed by atoms with van der Waals surface area (Å²) >= 11 is 1.73. The van der Waals surface area contributed by atoms with Crippen LogP contribution in [0.4, 0.5) is 10.8 Å². The summed E-state index contributed by atoms with van der Waals surface area (Å²) in [6.45, 7) is 10.9. The molecule has 0 aliphatic carbocycles. The van der Waals surface area contributed by atoms with Gasteiger partial charge in [-0.2, -0.15) is 0 Å². The van der Waals surface area contributed by atoms with Crippen molar-refractivity contribution in [2.75, 3.05) is 23.3 Å². The Balaban J connectivity index is 2.05. The summed E-state index contributed by atoms with van der Waals surface area (Å²) < 4.78 is 0. The number of benzene rings is 1. The van der Waals surface area contributed by atoms with Crippen molar-refractivity contribution in [3.8, 4) is 5.75 Å². The normalized spacial score (nSPS) is 10.7. The van der Waals surface area contributed by atoms with E-state index in [0.717, 1.165) is 41.6 Å². The van der Waals surface area contributed by atoms with E-state index >= 15 is 0 Å². The molecule has 0 spiro atoms. The van der Waals surface area contributed by atoms with Gasteiger partial charge < -0.3 is 15.3 Å². The maximum absolute atomic E-state index is 9.69. The molecular weight excluding hydrogens is 282 g/mol. The number of phenols is 1. The summed E-state index contributed by atoms with van der Waals surface area (Å²) in [6.07, 6.45) is 1.94. The molecule has 114 valence electrons. The number of aromatic nitrogens is 1. The van der Waals surface area contributed by atoms with Crippen LogP contribution in [-0.4, -0.2) is 23.2 Å². The SMILES string of the molecule is CCN(CC)c1ncc(CNc2cc(C)c(O)cc2C)s1. The first-order valence-corrected chi connectivity index (χ1v) is 8.10. The number of hydrogen-bond acceptors (Lipinski definition) is 5. The highest BCUT2D eigenvalue weighted by Crippen LogP contribution is 2.27. The average Bonchev–Trinajstić information content (AvgIpc) is 2.91. The van der Waals surface area contributed by atoms with Crippen LogP contribution in [0.3, 0.4) is 0 Å². The first-order valence-electron chi connectivity index (χ1n) is 7.28. The number of aromatic hydroxyl groups is 1. The third-order valence-corrected chi connectivity index (χ3v) is 4.63. The number of nitrogens with zero attached hydrogens (tertiary/aromatic N) is 2. The lowest BCUT2D eigenvalue weighted by Gasteiger charge is -2.16. The minimum atomic E-state index is 0.347. The van der Waals surface area contributed by atoms with Crippen molar-refractivity contribution in [2.45, 2.75) is 34.2 Å². The summed E-state index contributed by atoms with van der Waals surface area (Å²) in [7, 11) is 0. The van der Waals surface area contributed by atoms with E-state index in [1.807, 2.05) is 26.1 Å². The van der Waals surface area contributed by atoms with Gasteiger partial charge in [0.1, 0.15) is 5.75 Å². The van der Waals surface area contributed by atoms with Crippen LogP contribution < -0.4 is 10.2 Å². The monoisotopic (exact) mass is 305 g/mol. The largest absolute Gasteiger partial charge is 0.508 e. The van der Waals surface area contributed by atoms with Gasteiger partial charge in [-0.05, 0) is 51.0 Å². The number of phenolic OH excluding ortho intramolecular Hbond substituents is 1. The standard InChI is InChI=1S/C16H23N3OS/c1-5-19(6-2)16-18-10-13(21-16)9-17-14-7-12(4)15(20)8-11(14)3/h7-8,10,17,20H,5-6,9H2,1-4H3. The van der Waals surface area contributed by atoms with Gasteiger partial charge in [0.2, 0.25) is 0 Å². The van der Waals surface area contributed by atoms with Gasteiger partial charge in [-0.3, -0.25) is 0 Å². The molecule has 2 N–H and O–H groups in total. The molecule has 0 bridgehead atoms. The van der Waals surface area contributed by atoms with Gasteiger partial charge in [0.15, 0.2) is 5.13 Å². The second-order valence-electron chi connectivity index (χ2n) is 5.09. The molecule has 0 fully saturated rings. The molecule has 0 amide bonds. The molecule has 0 atom stereocenters. The predicted octanol–water partition coefficient (Wildman–Crippen LogP) is 3.92. The molecule has 2 aromatic rings. The zero-order valence-electron chi connectivity index (χ0n) is 13.1. The van der Waals surface area contributed by atoms with Crippen molar-refractivity contribution in [1.29, 1.82) is 0 Å². The van der Waals surface area contributed by atoms with E-state index in [2.05, 4.69) is 29.0 Å². The van der Waals surface area contributed by atoms with Crippen molar-refractivity contribution < 1.29 is 5.11 Å². The summed E-state index contributed by atoms with van der Waals surface area (Å²) in [6, 6.07) is 3.78. The highest BCUT2D eigenvalue weighted by atomic mass is 32.1. The van der Waals surface area contributed by atoms with Crippen molar-refractivity contribution in [2.24, 2.45) is 0 Å².